The minimum Gasteiger partial charge on any atom is -0.347 e. The Kier molecular flexibility index (Phi) is 3.27. The summed E-state index contributed by atoms with van der Waals surface area (Å²) < 4.78 is 0. The lowest BCUT2D eigenvalue weighted by atomic mass is 10.0. The zero-order valence-corrected chi connectivity index (χ0v) is 12.5. The van der Waals surface area contributed by atoms with Crippen LogP contribution in [0.5, 0.6) is 0 Å². The minimum atomic E-state index is -0.138. The van der Waals surface area contributed by atoms with Crippen molar-refractivity contribution < 1.29 is 4.79 Å². The Balaban J connectivity index is 1.49. The van der Waals surface area contributed by atoms with Gasteiger partial charge in [0, 0.05) is 23.9 Å². The number of carbonyl (C=O) groups is 1. The molecule has 2 aromatic heterocycles. The van der Waals surface area contributed by atoms with E-state index in [0.29, 0.717) is 19.0 Å². The Morgan fingerprint density at radius 3 is 3.14 bits per heavy atom. The maximum Gasteiger partial charge on any atom is 0.240 e. The number of nitrogens with zero attached hydrogens (tertiary/aromatic N) is 2. The molecule has 1 amide bonds. The number of rotatable bonds is 4. The molecule has 2 N–H and O–H groups in total. The zero-order chi connectivity index (χ0) is 14.2. The van der Waals surface area contributed by atoms with E-state index in [9.17, 15) is 4.79 Å². The molecule has 1 atom stereocenters. The number of imidazole rings is 1. The summed E-state index contributed by atoms with van der Waals surface area (Å²) in [5.74, 6) is 0.222. The molecule has 21 heavy (non-hydrogen) atoms. The second-order valence-corrected chi connectivity index (χ2v) is 6.77. The number of amides is 1. The highest BCUT2D eigenvalue weighted by atomic mass is 32.1. The quantitative estimate of drug-likeness (QED) is 0.903. The summed E-state index contributed by atoms with van der Waals surface area (Å²) in [5.41, 5.74) is 2.13. The number of aromatic nitrogens is 2. The van der Waals surface area contributed by atoms with Crippen LogP contribution in [0.15, 0.2) is 23.8 Å². The summed E-state index contributed by atoms with van der Waals surface area (Å²) in [4.78, 5) is 23.6. The van der Waals surface area contributed by atoms with Gasteiger partial charge in [0.25, 0.3) is 0 Å². The first-order chi connectivity index (χ1) is 10.3. The predicted molar refractivity (Wildman–Crippen MR) is 80.8 cm³/mol. The van der Waals surface area contributed by atoms with Gasteiger partial charge in [-0.15, -0.1) is 11.3 Å². The molecule has 0 radical (unpaired) electrons. The first kappa shape index (κ1) is 13.0. The number of hydrogen-bond donors (Lipinski definition) is 2. The molecular weight excluding hydrogens is 284 g/mol. The van der Waals surface area contributed by atoms with Crippen LogP contribution in [-0.4, -0.2) is 32.9 Å². The third-order valence-corrected chi connectivity index (χ3v) is 5.07. The Bertz CT molecular complexity index is 632. The minimum absolute atomic E-state index is 0.138. The molecule has 3 heterocycles. The molecule has 4 rings (SSSR count). The molecule has 6 heteroatoms. The van der Waals surface area contributed by atoms with E-state index in [1.54, 1.807) is 17.7 Å². The number of H-pyrrole nitrogens is 1. The lowest BCUT2D eigenvalue weighted by molar-refractivity contribution is -0.134. The molecule has 1 fully saturated rings. The van der Waals surface area contributed by atoms with Gasteiger partial charge in [0.05, 0.1) is 30.3 Å². The maximum absolute atomic E-state index is 12.9. The van der Waals surface area contributed by atoms with Gasteiger partial charge in [-0.2, -0.15) is 0 Å². The maximum atomic E-state index is 12.9. The Morgan fingerprint density at radius 1 is 1.48 bits per heavy atom. The number of hydrogen-bond acceptors (Lipinski definition) is 4. The molecule has 2 aliphatic rings. The summed E-state index contributed by atoms with van der Waals surface area (Å²) in [6.45, 7) is 1.44. The monoisotopic (exact) mass is 302 g/mol. The van der Waals surface area contributed by atoms with E-state index in [1.807, 2.05) is 6.07 Å². The molecule has 110 valence electrons. The van der Waals surface area contributed by atoms with Gasteiger partial charge < -0.3 is 9.88 Å². The highest BCUT2D eigenvalue weighted by molar-refractivity contribution is 7.09. The Hall–Kier alpha value is -1.66. The number of fused-ring (bicyclic) bond motifs is 1. The molecule has 2 aromatic rings. The van der Waals surface area contributed by atoms with Crippen molar-refractivity contribution in [3.63, 3.8) is 0 Å². The van der Waals surface area contributed by atoms with Gasteiger partial charge in [-0.1, -0.05) is 6.07 Å². The summed E-state index contributed by atoms with van der Waals surface area (Å²) >= 11 is 1.72. The summed E-state index contributed by atoms with van der Waals surface area (Å²) in [6.07, 6.45) is 4.67. The largest absolute Gasteiger partial charge is 0.347 e. The lowest BCUT2D eigenvalue weighted by Crippen LogP contribution is -2.49. The molecule has 1 saturated carbocycles. The number of carbonyl (C=O) groups excluding carboxylic acids is 1. The van der Waals surface area contributed by atoms with Crippen LogP contribution in [0.4, 0.5) is 0 Å². The highest BCUT2D eigenvalue weighted by Gasteiger charge is 2.37. The standard InChI is InChI=1S/C15H18N4OS/c20-15(13-6-12-14(7-16-13)18-9-17-12)19(10-3-4-10)8-11-2-1-5-21-11/h1-2,5,9-10,13,16H,3-4,6-8H2,(H,17,18). The molecule has 1 aliphatic heterocycles. The van der Waals surface area contributed by atoms with Crippen LogP contribution in [-0.2, 0) is 24.3 Å². The average Bonchev–Trinajstić information content (AvgIpc) is 3.02. The fourth-order valence-electron chi connectivity index (χ4n) is 2.89. The van der Waals surface area contributed by atoms with E-state index in [2.05, 4.69) is 31.6 Å². The van der Waals surface area contributed by atoms with Crippen molar-refractivity contribution in [1.29, 1.82) is 0 Å². The molecule has 0 spiro atoms. The van der Waals surface area contributed by atoms with Gasteiger partial charge in [0.2, 0.25) is 5.91 Å². The summed E-state index contributed by atoms with van der Waals surface area (Å²) in [7, 11) is 0. The lowest BCUT2D eigenvalue weighted by Gasteiger charge is -2.29. The topological polar surface area (TPSA) is 61.0 Å². The van der Waals surface area contributed by atoms with E-state index < -0.39 is 0 Å². The number of aromatic amines is 1. The Morgan fingerprint density at radius 2 is 2.38 bits per heavy atom. The van der Waals surface area contributed by atoms with Crippen LogP contribution in [0.1, 0.15) is 29.1 Å². The first-order valence-electron chi connectivity index (χ1n) is 7.38. The Labute approximate surface area is 127 Å². The van der Waals surface area contributed by atoms with Gasteiger partial charge in [-0.25, -0.2) is 4.98 Å². The van der Waals surface area contributed by atoms with Crippen molar-refractivity contribution in [3.05, 3.63) is 40.1 Å². The van der Waals surface area contributed by atoms with Gasteiger partial charge in [-0.05, 0) is 24.3 Å². The van der Waals surface area contributed by atoms with Crippen molar-refractivity contribution in [2.75, 3.05) is 0 Å². The van der Waals surface area contributed by atoms with Crippen molar-refractivity contribution in [1.82, 2.24) is 20.2 Å². The van der Waals surface area contributed by atoms with Gasteiger partial charge in [0.1, 0.15) is 0 Å². The van der Waals surface area contributed by atoms with Gasteiger partial charge in [-0.3, -0.25) is 10.1 Å². The van der Waals surface area contributed by atoms with Crippen molar-refractivity contribution in [2.24, 2.45) is 0 Å². The van der Waals surface area contributed by atoms with Gasteiger partial charge >= 0.3 is 0 Å². The summed E-state index contributed by atoms with van der Waals surface area (Å²) in [6, 6.07) is 4.45. The van der Waals surface area contributed by atoms with E-state index in [-0.39, 0.29) is 11.9 Å². The smallest absolute Gasteiger partial charge is 0.240 e. The second kappa shape index (κ2) is 5.27. The highest BCUT2D eigenvalue weighted by Crippen LogP contribution is 2.30. The van der Waals surface area contributed by atoms with E-state index in [4.69, 9.17) is 0 Å². The van der Waals surface area contributed by atoms with Crippen molar-refractivity contribution >= 4 is 17.2 Å². The SMILES string of the molecule is O=C(C1Cc2nc[nH]c2CN1)N(Cc1cccs1)C1CC1. The second-order valence-electron chi connectivity index (χ2n) is 5.74. The predicted octanol–water partition coefficient (Wildman–Crippen LogP) is 1.68. The van der Waals surface area contributed by atoms with Gasteiger partial charge in [0.15, 0.2) is 0 Å². The van der Waals surface area contributed by atoms with Crippen LogP contribution in [0.2, 0.25) is 0 Å². The number of thiophene rings is 1. The van der Waals surface area contributed by atoms with E-state index in [0.717, 1.165) is 30.8 Å². The molecule has 1 aliphatic carbocycles. The van der Waals surface area contributed by atoms with Crippen LogP contribution >= 0.6 is 11.3 Å². The fraction of sp³-hybridized carbons (Fsp3) is 0.467. The van der Waals surface area contributed by atoms with E-state index in [1.165, 1.54) is 4.88 Å². The van der Waals surface area contributed by atoms with Crippen molar-refractivity contribution in [2.45, 2.75) is 44.4 Å². The molecule has 0 bridgehead atoms. The van der Waals surface area contributed by atoms with E-state index >= 15 is 0 Å². The summed E-state index contributed by atoms with van der Waals surface area (Å²) in [5, 5.41) is 5.41. The molecule has 0 aromatic carbocycles. The molecule has 1 unspecified atom stereocenters. The van der Waals surface area contributed by atoms with Crippen LogP contribution < -0.4 is 5.32 Å². The van der Waals surface area contributed by atoms with Crippen LogP contribution in [0.25, 0.3) is 0 Å². The molecule has 5 nitrogen and oxygen atoms in total. The zero-order valence-electron chi connectivity index (χ0n) is 11.7. The molecular formula is C15H18N4OS. The van der Waals surface area contributed by atoms with Crippen LogP contribution in [0.3, 0.4) is 0 Å². The van der Waals surface area contributed by atoms with Crippen LogP contribution in [0, 0.1) is 0 Å². The molecule has 0 saturated heterocycles. The third kappa shape index (κ3) is 2.61. The fourth-order valence-corrected chi connectivity index (χ4v) is 3.59. The normalized spacial score (nSPS) is 21.0. The third-order valence-electron chi connectivity index (χ3n) is 4.21. The first-order valence-corrected chi connectivity index (χ1v) is 8.26. The number of nitrogens with one attached hydrogen (secondary N) is 2. The average molecular weight is 302 g/mol. The van der Waals surface area contributed by atoms with Crippen molar-refractivity contribution in [3.8, 4) is 0 Å².